The molecule has 19 nitrogen and oxygen atoms in total. The molecule has 0 aliphatic carbocycles. The van der Waals surface area contributed by atoms with Gasteiger partial charge < -0.3 is 54.7 Å². The van der Waals surface area contributed by atoms with Gasteiger partial charge in [0, 0.05) is 99.4 Å². The van der Waals surface area contributed by atoms with Crippen LogP contribution in [0.1, 0.15) is 87.2 Å². The highest BCUT2D eigenvalue weighted by molar-refractivity contribution is 6.15. The van der Waals surface area contributed by atoms with Crippen LogP contribution in [0.25, 0.3) is 24.3 Å². The van der Waals surface area contributed by atoms with Gasteiger partial charge in [0.25, 0.3) is 23.6 Å². The second-order valence-electron chi connectivity index (χ2n) is 19.3. The molecule has 1 unspecified atom stereocenters. The first kappa shape index (κ1) is 65.7. The number of carbonyl (C=O) groups is 6. The predicted molar refractivity (Wildman–Crippen MR) is 308 cm³/mol. The molecule has 7 rings (SSSR count). The molecule has 4 aromatic rings. The van der Waals surface area contributed by atoms with Gasteiger partial charge in [-0.2, -0.15) is 0 Å². The quantitative estimate of drug-likeness (QED) is 0.0609. The molecule has 80 heavy (non-hydrogen) atoms. The van der Waals surface area contributed by atoms with E-state index in [2.05, 4.69) is 69.0 Å². The normalized spacial score (nSPS) is 17.1. The molecule has 3 aliphatic heterocycles. The van der Waals surface area contributed by atoms with Crippen LogP contribution in [-0.2, 0) is 51.2 Å². The van der Waals surface area contributed by atoms with Crippen molar-refractivity contribution in [2.75, 3.05) is 115 Å². The van der Waals surface area contributed by atoms with Crippen molar-refractivity contribution in [2.45, 2.75) is 63.6 Å². The van der Waals surface area contributed by atoms with E-state index in [0.29, 0.717) is 24.2 Å². The molecule has 3 atom stereocenters. The molecule has 3 fully saturated rings. The largest absolute Gasteiger partial charge is 0.400 e. The number of hydrogen-bond donors (Lipinski definition) is 5. The Morgan fingerprint density at radius 3 is 1.24 bits per heavy atom. The maximum atomic E-state index is 13.4. The number of amides is 4. The van der Waals surface area contributed by atoms with Crippen molar-refractivity contribution in [1.29, 1.82) is 0 Å². The molecule has 5 N–H and O–H groups in total. The van der Waals surface area contributed by atoms with Crippen molar-refractivity contribution < 1.29 is 63.0 Å². The number of aliphatic hydroxyl groups excluding tert-OH is 3. The van der Waals surface area contributed by atoms with E-state index in [1.54, 1.807) is 36.4 Å². The number of benzene rings is 4. The molecule has 434 valence electrons. The number of carbonyl (C=O) groups excluding carboxylic acids is 6. The third-order valence-electron chi connectivity index (χ3n) is 14.3. The maximum Gasteiger partial charge on any atom is 0.254 e. The fourth-order valence-electron chi connectivity index (χ4n) is 8.88. The lowest BCUT2D eigenvalue weighted by Crippen LogP contribution is -2.62. The standard InChI is InChI=1S/C32H41N3O6.C27H33N3O5.2CH4O/c1-32(31(38)33-2,28(36)23-41-29-6-4-5-19-40-29)34(3)30(37)27-15-13-25(14-16-27)8-7-24-9-11-26(12-10-24)22-35-17-20-39-21-18-35;1-27(24(32)19-31,26(34)28-2)29(3)25(33)23-12-10-21(11-13-23)5-4-20-6-8-22(9-7-20)18-30-14-16-35-17-15-30;2*1-2/h7-16,29H,4-6,17-23H2,1-3H3,(H,33,38);4-13,31H,14-19H2,1-3H3,(H,28,34);2*2H,1H3/b8-7+;5-4+;;/t29?,32-;27-;;/m11../s1. The zero-order valence-corrected chi connectivity index (χ0v) is 47.7. The molecular formula is C61H82N6O13. The fraction of sp³-hybridized carbons (Fsp3) is 0.443. The second kappa shape index (κ2) is 33.7. The number of nitrogens with zero attached hydrogens (tertiary/aromatic N) is 4. The van der Waals surface area contributed by atoms with E-state index in [9.17, 15) is 33.9 Å². The fourth-order valence-corrected chi connectivity index (χ4v) is 8.88. The third-order valence-corrected chi connectivity index (χ3v) is 14.3. The minimum absolute atomic E-state index is 0.329. The highest BCUT2D eigenvalue weighted by Gasteiger charge is 2.47. The summed E-state index contributed by atoms with van der Waals surface area (Å²) >= 11 is 0. The van der Waals surface area contributed by atoms with Gasteiger partial charge in [-0.25, -0.2) is 0 Å². The molecule has 0 aromatic heterocycles. The van der Waals surface area contributed by atoms with Crippen LogP contribution in [0.5, 0.6) is 0 Å². The summed E-state index contributed by atoms with van der Waals surface area (Å²) in [6.07, 6.45) is 10.1. The van der Waals surface area contributed by atoms with Gasteiger partial charge >= 0.3 is 0 Å². The first-order valence-electron chi connectivity index (χ1n) is 26.8. The third kappa shape index (κ3) is 18.4. The van der Waals surface area contributed by atoms with E-state index in [-0.39, 0.29) is 6.61 Å². The highest BCUT2D eigenvalue weighted by Crippen LogP contribution is 2.23. The van der Waals surface area contributed by atoms with Gasteiger partial charge in [-0.15, -0.1) is 0 Å². The number of ketones is 2. The van der Waals surface area contributed by atoms with Gasteiger partial charge in [0.1, 0.15) is 13.2 Å². The van der Waals surface area contributed by atoms with Gasteiger partial charge in [0.2, 0.25) is 0 Å². The van der Waals surface area contributed by atoms with Crippen LogP contribution < -0.4 is 10.6 Å². The molecule has 4 amide bonds. The maximum absolute atomic E-state index is 13.4. The monoisotopic (exact) mass is 1110 g/mol. The van der Waals surface area contributed by atoms with E-state index >= 15 is 0 Å². The number of rotatable bonds is 20. The van der Waals surface area contributed by atoms with Crippen LogP contribution in [0.2, 0.25) is 0 Å². The second-order valence-corrected chi connectivity index (χ2v) is 19.3. The predicted octanol–water partition coefficient (Wildman–Crippen LogP) is 4.42. The van der Waals surface area contributed by atoms with Gasteiger partial charge in [-0.3, -0.25) is 38.6 Å². The summed E-state index contributed by atoms with van der Waals surface area (Å²) in [5, 5.41) is 28.2. The van der Waals surface area contributed by atoms with Crippen LogP contribution in [0.15, 0.2) is 97.1 Å². The Kier molecular flexibility index (Phi) is 27.7. The molecule has 0 spiro atoms. The van der Waals surface area contributed by atoms with E-state index < -0.39 is 59.2 Å². The van der Waals surface area contributed by atoms with Crippen LogP contribution in [0.3, 0.4) is 0 Å². The van der Waals surface area contributed by atoms with Crippen molar-refractivity contribution in [2.24, 2.45) is 0 Å². The summed E-state index contributed by atoms with van der Waals surface area (Å²) < 4.78 is 22.0. The van der Waals surface area contributed by atoms with Gasteiger partial charge in [-0.1, -0.05) is 97.1 Å². The van der Waals surface area contributed by atoms with Gasteiger partial charge in [-0.05, 0) is 90.8 Å². The Morgan fingerprint density at radius 1 is 0.562 bits per heavy atom. The lowest BCUT2D eigenvalue weighted by molar-refractivity contribution is -0.174. The Morgan fingerprint density at radius 2 is 0.912 bits per heavy atom. The van der Waals surface area contributed by atoms with E-state index in [4.69, 9.17) is 29.2 Å². The van der Waals surface area contributed by atoms with E-state index in [1.165, 1.54) is 58.1 Å². The molecule has 0 saturated carbocycles. The van der Waals surface area contributed by atoms with Crippen molar-refractivity contribution in [3.63, 3.8) is 0 Å². The Hall–Kier alpha value is -6.78. The van der Waals surface area contributed by atoms with Crippen LogP contribution in [-0.4, -0.2) is 202 Å². The SMILES string of the molecule is CNC(=O)[C@@](C)(C(=O)CO)N(C)C(=O)c1ccc(/C=C/c2ccc(CN3CCOCC3)cc2)cc1.CNC(=O)[C@@](C)(C(=O)COC1CCCCO1)N(C)C(=O)c1ccc(/C=C/c2ccc(CN3CCOCC3)cc2)cc1.CO.CO. The first-order valence-corrected chi connectivity index (χ1v) is 26.8. The van der Waals surface area contributed by atoms with Crippen molar-refractivity contribution in [3.8, 4) is 0 Å². The summed E-state index contributed by atoms with van der Waals surface area (Å²) in [7, 11) is 7.66. The lowest BCUT2D eigenvalue weighted by atomic mass is 9.92. The number of hydrogen-bond acceptors (Lipinski definition) is 15. The molecule has 0 radical (unpaired) electrons. The van der Waals surface area contributed by atoms with Crippen molar-refractivity contribution in [3.05, 3.63) is 142 Å². The summed E-state index contributed by atoms with van der Waals surface area (Å²) in [5.74, 6) is -3.46. The minimum atomic E-state index is -1.81. The molecule has 3 heterocycles. The average Bonchev–Trinajstić information content (AvgIpc) is 3.53. The molecule has 0 bridgehead atoms. The lowest BCUT2D eigenvalue weighted by Gasteiger charge is -2.36. The Balaban J connectivity index is 0.000000328. The smallest absolute Gasteiger partial charge is 0.254 e. The van der Waals surface area contributed by atoms with Gasteiger partial charge in [0.05, 0.1) is 26.4 Å². The highest BCUT2D eigenvalue weighted by atomic mass is 16.7. The first-order chi connectivity index (χ1) is 38.6. The van der Waals surface area contributed by atoms with Crippen LogP contribution >= 0.6 is 0 Å². The number of aliphatic hydroxyl groups is 3. The number of Topliss-reactive ketones (excluding diaryl/α,β-unsaturated/α-hetero) is 2. The van der Waals surface area contributed by atoms with Crippen LogP contribution in [0.4, 0.5) is 0 Å². The molecule has 3 aliphatic rings. The number of morpholine rings is 2. The zero-order chi connectivity index (χ0) is 58.7. The number of likely N-dealkylation sites (N-methyl/N-ethyl adjacent to an activating group) is 4. The van der Waals surface area contributed by atoms with Crippen molar-refractivity contribution in [1.82, 2.24) is 30.2 Å². The Bertz CT molecular complexity index is 2610. The summed E-state index contributed by atoms with van der Waals surface area (Å²) in [5.41, 5.74) is 3.66. The minimum Gasteiger partial charge on any atom is -0.400 e. The zero-order valence-electron chi connectivity index (χ0n) is 47.7. The Labute approximate surface area is 471 Å². The van der Waals surface area contributed by atoms with E-state index in [0.717, 1.165) is 120 Å². The van der Waals surface area contributed by atoms with E-state index in [1.807, 2.05) is 36.4 Å². The molecular weight excluding hydrogens is 1020 g/mol. The number of nitrogens with one attached hydrogen (secondary N) is 2. The van der Waals surface area contributed by atoms with Gasteiger partial charge in [0.15, 0.2) is 28.9 Å². The average molecular weight is 1110 g/mol. The molecule has 19 heteroatoms. The topological polar surface area (TPSA) is 237 Å². The number of ether oxygens (including phenoxy) is 4. The van der Waals surface area contributed by atoms with Crippen molar-refractivity contribution >= 4 is 59.5 Å². The van der Waals surface area contributed by atoms with Crippen LogP contribution in [0, 0.1) is 0 Å². The molecule has 3 saturated heterocycles. The molecule has 4 aromatic carbocycles. The summed E-state index contributed by atoms with van der Waals surface area (Å²) in [6.45, 7) is 11.0. The summed E-state index contributed by atoms with van der Waals surface area (Å²) in [4.78, 5) is 84.1. The summed E-state index contributed by atoms with van der Waals surface area (Å²) in [6, 6.07) is 30.9.